The molecule has 0 bridgehead atoms. The van der Waals surface area contributed by atoms with Gasteiger partial charge in [0.2, 0.25) is 0 Å². The van der Waals surface area contributed by atoms with Gasteiger partial charge in [-0.2, -0.15) is 0 Å². The van der Waals surface area contributed by atoms with Crippen molar-refractivity contribution < 1.29 is 18.8 Å². The predicted molar refractivity (Wildman–Crippen MR) is 69.8 cm³/mol. The first kappa shape index (κ1) is 12.9. The van der Waals surface area contributed by atoms with Crippen molar-refractivity contribution in [2.75, 3.05) is 4.90 Å². The molecule has 1 aliphatic rings. The Balaban J connectivity index is 2.49. The summed E-state index contributed by atoms with van der Waals surface area (Å²) in [5, 5.41) is 1.80. The molecule has 7 heteroatoms. The second-order valence-electron chi connectivity index (χ2n) is 3.71. The third kappa shape index (κ3) is 1.98. The molecule has 1 N–H and O–H groups in total. The summed E-state index contributed by atoms with van der Waals surface area (Å²) in [6.45, 7) is 1.71. The average Bonchev–Trinajstić information content (AvgIpc) is 2.32. The van der Waals surface area contributed by atoms with Gasteiger partial charge in [-0.15, -0.1) is 0 Å². The van der Waals surface area contributed by atoms with Crippen molar-refractivity contribution in [1.29, 1.82) is 0 Å². The van der Waals surface area contributed by atoms with Gasteiger partial charge in [-0.1, -0.05) is 6.07 Å². The highest BCUT2D eigenvalue weighted by Crippen LogP contribution is 2.26. The highest BCUT2D eigenvalue weighted by atomic mass is 127. The minimum absolute atomic E-state index is 0.277. The molecule has 0 saturated carbocycles. The standard InChI is InChI=1S/C11H8FIN2O3/c1-5-6(13)3-2-4-7(5)15-10(17)8(12)9(16)14-11(15)18/h2-4,8H,1H3,(H,14,16,18). The summed E-state index contributed by atoms with van der Waals surface area (Å²) in [5.74, 6) is -2.38. The van der Waals surface area contributed by atoms with Crippen LogP contribution in [0.1, 0.15) is 5.56 Å². The fourth-order valence-electron chi connectivity index (χ4n) is 1.62. The fraction of sp³-hybridized carbons (Fsp3) is 0.182. The van der Waals surface area contributed by atoms with E-state index in [1.165, 1.54) is 6.07 Å². The van der Waals surface area contributed by atoms with Gasteiger partial charge in [0.15, 0.2) is 0 Å². The van der Waals surface area contributed by atoms with Crippen LogP contribution in [0, 0.1) is 10.5 Å². The number of imide groups is 2. The van der Waals surface area contributed by atoms with Gasteiger partial charge in [-0.3, -0.25) is 14.9 Å². The van der Waals surface area contributed by atoms with E-state index in [0.717, 1.165) is 3.57 Å². The molecule has 1 saturated heterocycles. The highest BCUT2D eigenvalue weighted by molar-refractivity contribution is 14.1. The van der Waals surface area contributed by atoms with Gasteiger partial charge < -0.3 is 0 Å². The molecule has 1 aromatic rings. The van der Waals surface area contributed by atoms with Crippen LogP contribution in [-0.2, 0) is 9.59 Å². The molecule has 1 heterocycles. The normalized spacial score (nSPS) is 20.1. The van der Waals surface area contributed by atoms with E-state index in [1.807, 2.05) is 22.6 Å². The lowest BCUT2D eigenvalue weighted by molar-refractivity contribution is -0.135. The van der Waals surface area contributed by atoms with Crippen LogP contribution in [-0.4, -0.2) is 24.0 Å². The van der Waals surface area contributed by atoms with Gasteiger partial charge in [0.05, 0.1) is 5.69 Å². The first-order chi connectivity index (χ1) is 8.43. The maximum Gasteiger partial charge on any atom is 0.335 e. The largest absolute Gasteiger partial charge is 0.335 e. The fourth-order valence-corrected chi connectivity index (χ4v) is 2.10. The van der Waals surface area contributed by atoms with Crippen molar-refractivity contribution in [2.24, 2.45) is 0 Å². The molecule has 0 radical (unpaired) electrons. The van der Waals surface area contributed by atoms with Gasteiger partial charge >= 0.3 is 6.03 Å². The Bertz CT molecular complexity index is 561. The van der Waals surface area contributed by atoms with Crippen LogP contribution in [0.2, 0.25) is 0 Å². The lowest BCUT2D eigenvalue weighted by atomic mass is 10.1. The molecule has 18 heavy (non-hydrogen) atoms. The number of hydrogen-bond acceptors (Lipinski definition) is 3. The molecule has 4 amide bonds. The summed E-state index contributed by atoms with van der Waals surface area (Å²) in [6.07, 6.45) is -2.35. The van der Waals surface area contributed by atoms with E-state index in [-0.39, 0.29) is 5.69 Å². The molecule has 1 atom stereocenters. The molecule has 1 aliphatic heterocycles. The SMILES string of the molecule is Cc1c(I)cccc1N1C(=O)NC(=O)C(F)C1=O. The molecular weight excluding hydrogens is 354 g/mol. The summed E-state index contributed by atoms with van der Waals surface area (Å²) in [4.78, 5) is 34.9. The van der Waals surface area contributed by atoms with E-state index in [0.29, 0.717) is 10.5 Å². The van der Waals surface area contributed by atoms with Gasteiger partial charge in [0, 0.05) is 3.57 Å². The van der Waals surface area contributed by atoms with E-state index in [1.54, 1.807) is 24.4 Å². The Kier molecular flexibility index (Phi) is 3.33. The number of rotatable bonds is 1. The highest BCUT2D eigenvalue weighted by Gasteiger charge is 2.42. The molecule has 1 fully saturated rings. The minimum atomic E-state index is -2.35. The monoisotopic (exact) mass is 362 g/mol. The van der Waals surface area contributed by atoms with Crippen LogP contribution in [0.15, 0.2) is 18.2 Å². The number of amides is 4. The lowest BCUT2D eigenvalue weighted by Crippen LogP contribution is -2.59. The summed E-state index contributed by atoms with van der Waals surface area (Å²) >= 11 is 2.04. The van der Waals surface area contributed by atoms with E-state index in [2.05, 4.69) is 0 Å². The predicted octanol–water partition coefficient (Wildman–Crippen LogP) is 1.52. The zero-order chi connectivity index (χ0) is 13.4. The van der Waals surface area contributed by atoms with E-state index in [4.69, 9.17) is 0 Å². The number of halogens is 2. The van der Waals surface area contributed by atoms with Crippen molar-refractivity contribution in [3.63, 3.8) is 0 Å². The van der Waals surface area contributed by atoms with Crippen molar-refractivity contribution in [3.8, 4) is 0 Å². The lowest BCUT2D eigenvalue weighted by Gasteiger charge is -2.28. The molecule has 0 spiro atoms. The van der Waals surface area contributed by atoms with Crippen LogP contribution in [0.25, 0.3) is 0 Å². The Labute approximate surface area is 115 Å². The molecule has 2 rings (SSSR count). The zero-order valence-corrected chi connectivity index (χ0v) is 11.4. The average molecular weight is 362 g/mol. The van der Waals surface area contributed by atoms with Gasteiger partial charge in [-0.25, -0.2) is 14.1 Å². The number of barbiturate groups is 1. The van der Waals surface area contributed by atoms with Crippen molar-refractivity contribution in [2.45, 2.75) is 13.1 Å². The molecule has 1 unspecified atom stereocenters. The summed E-state index contributed by atoms with van der Waals surface area (Å²) in [6, 6.07) is 4.04. The first-order valence-electron chi connectivity index (χ1n) is 5.01. The second kappa shape index (κ2) is 4.63. The quantitative estimate of drug-likeness (QED) is 0.609. The maximum absolute atomic E-state index is 13.4. The topological polar surface area (TPSA) is 66.5 Å². The van der Waals surface area contributed by atoms with E-state index < -0.39 is 24.0 Å². The summed E-state index contributed by atoms with van der Waals surface area (Å²) in [5.41, 5.74) is 0.947. The van der Waals surface area contributed by atoms with Crippen LogP contribution >= 0.6 is 22.6 Å². The van der Waals surface area contributed by atoms with Crippen molar-refractivity contribution in [3.05, 3.63) is 27.3 Å². The number of urea groups is 1. The zero-order valence-electron chi connectivity index (χ0n) is 9.24. The van der Waals surface area contributed by atoms with Crippen LogP contribution in [0.4, 0.5) is 14.9 Å². The number of anilines is 1. The number of benzene rings is 1. The van der Waals surface area contributed by atoms with Crippen LogP contribution < -0.4 is 10.2 Å². The third-order valence-corrected chi connectivity index (χ3v) is 3.75. The number of nitrogens with zero attached hydrogens (tertiary/aromatic N) is 1. The Morgan fingerprint density at radius 2 is 2.00 bits per heavy atom. The Hall–Kier alpha value is -1.51. The number of hydrogen-bond donors (Lipinski definition) is 1. The van der Waals surface area contributed by atoms with E-state index >= 15 is 0 Å². The second-order valence-corrected chi connectivity index (χ2v) is 4.88. The molecule has 5 nitrogen and oxygen atoms in total. The molecule has 94 valence electrons. The maximum atomic E-state index is 13.4. The number of alkyl halides is 1. The van der Waals surface area contributed by atoms with Crippen molar-refractivity contribution >= 4 is 46.1 Å². The summed E-state index contributed by atoms with van der Waals surface area (Å²) < 4.78 is 14.2. The minimum Gasteiger partial charge on any atom is -0.274 e. The van der Waals surface area contributed by atoms with Gasteiger partial charge in [0.1, 0.15) is 0 Å². The number of carbonyl (C=O) groups excluding carboxylic acids is 3. The number of carbonyl (C=O) groups is 3. The van der Waals surface area contributed by atoms with Crippen molar-refractivity contribution in [1.82, 2.24) is 5.32 Å². The van der Waals surface area contributed by atoms with Gasteiger partial charge in [0.25, 0.3) is 18.0 Å². The van der Waals surface area contributed by atoms with Crippen LogP contribution in [0.3, 0.4) is 0 Å². The molecule has 0 aliphatic carbocycles. The smallest absolute Gasteiger partial charge is 0.274 e. The molecule has 0 aromatic heterocycles. The Morgan fingerprint density at radius 1 is 1.33 bits per heavy atom. The molecule has 1 aromatic carbocycles. The summed E-state index contributed by atoms with van der Waals surface area (Å²) in [7, 11) is 0. The molecular formula is C11H8FIN2O3. The first-order valence-corrected chi connectivity index (χ1v) is 6.09. The van der Waals surface area contributed by atoms with E-state index in [9.17, 15) is 18.8 Å². The Morgan fingerprint density at radius 3 is 2.67 bits per heavy atom. The number of nitrogens with one attached hydrogen (secondary N) is 1. The van der Waals surface area contributed by atoms with Gasteiger partial charge in [-0.05, 0) is 47.2 Å². The third-order valence-electron chi connectivity index (χ3n) is 2.58. The van der Waals surface area contributed by atoms with Crippen LogP contribution in [0.5, 0.6) is 0 Å².